The molecule has 30 heavy (non-hydrogen) atoms. The Bertz CT molecular complexity index is 946. The summed E-state index contributed by atoms with van der Waals surface area (Å²) in [6, 6.07) is 15.7. The molecular formula is C22H26N6O2. The molecular weight excluding hydrogens is 380 g/mol. The van der Waals surface area contributed by atoms with Crippen molar-refractivity contribution in [1.82, 2.24) is 15.0 Å². The molecule has 4 rings (SSSR count). The van der Waals surface area contributed by atoms with Crippen molar-refractivity contribution < 1.29 is 9.84 Å². The number of hydrogen-bond acceptors (Lipinski definition) is 8. The van der Waals surface area contributed by atoms with Crippen molar-refractivity contribution in [1.29, 1.82) is 0 Å². The maximum absolute atomic E-state index is 9.36. The van der Waals surface area contributed by atoms with Crippen LogP contribution in [0.25, 0.3) is 11.4 Å². The first-order valence-corrected chi connectivity index (χ1v) is 10.1. The lowest BCUT2D eigenvalue weighted by molar-refractivity contribution is 0.122. The Balaban J connectivity index is 1.57. The van der Waals surface area contributed by atoms with Gasteiger partial charge in [0.15, 0.2) is 0 Å². The minimum Gasteiger partial charge on any atom is -0.394 e. The maximum Gasteiger partial charge on any atom is 0.225 e. The summed E-state index contributed by atoms with van der Waals surface area (Å²) >= 11 is 0. The van der Waals surface area contributed by atoms with Gasteiger partial charge in [-0.25, -0.2) is 4.98 Å². The zero-order valence-corrected chi connectivity index (χ0v) is 17.0. The lowest BCUT2D eigenvalue weighted by Gasteiger charge is -2.28. The predicted molar refractivity (Wildman–Crippen MR) is 118 cm³/mol. The Hall–Kier alpha value is -3.23. The molecule has 0 bridgehead atoms. The van der Waals surface area contributed by atoms with Gasteiger partial charge in [-0.3, -0.25) is 4.98 Å². The van der Waals surface area contributed by atoms with Crippen LogP contribution in [0, 0.1) is 0 Å². The highest BCUT2D eigenvalue weighted by molar-refractivity contribution is 5.66. The lowest BCUT2D eigenvalue weighted by atomic mass is 10.2. The van der Waals surface area contributed by atoms with Crippen LogP contribution in [0.1, 0.15) is 6.92 Å². The van der Waals surface area contributed by atoms with Gasteiger partial charge in [0, 0.05) is 42.8 Å². The van der Waals surface area contributed by atoms with Crippen molar-refractivity contribution in [2.75, 3.05) is 48.4 Å². The third-order valence-corrected chi connectivity index (χ3v) is 4.82. The molecule has 1 aromatic carbocycles. The predicted octanol–water partition coefficient (Wildman–Crippen LogP) is 2.91. The molecule has 3 aromatic rings. The van der Waals surface area contributed by atoms with Crippen LogP contribution >= 0.6 is 0 Å². The van der Waals surface area contributed by atoms with E-state index in [9.17, 15) is 5.11 Å². The number of hydrogen-bond donors (Lipinski definition) is 3. The topological polar surface area (TPSA) is 95.4 Å². The van der Waals surface area contributed by atoms with Gasteiger partial charge >= 0.3 is 0 Å². The first-order valence-electron chi connectivity index (χ1n) is 10.1. The third-order valence-electron chi connectivity index (χ3n) is 4.82. The van der Waals surface area contributed by atoms with E-state index in [4.69, 9.17) is 4.74 Å². The van der Waals surface area contributed by atoms with Gasteiger partial charge in [-0.2, -0.15) is 4.98 Å². The van der Waals surface area contributed by atoms with Crippen LogP contribution in [0.2, 0.25) is 0 Å². The molecule has 1 fully saturated rings. The number of aliphatic hydroxyl groups is 1. The van der Waals surface area contributed by atoms with Crippen LogP contribution in [-0.2, 0) is 4.74 Å². The van der Waals surface area contributed by atoms with Crippen LogP contribution in [0.4, 0.5) is 23.1 Å². The number of morpholine rings is 1. The highest BCUT2D eigenvalue weighted by Crippen LogP contribution is 2.24. The van der Waals surface area contributed by atoms with Crippen LogP contribution in [-0.4, -0.2) is 59.0 Å². The van der Waals surface area contributed by atoms with Crippen LogP contribution in [0.3, 0.4) is 0 Å². The smallest absolute Gasteiger partial charge is 0.225 e. The van der Waals surface area contributed by atoms with Crippen molar-refractivity contribution in [3.8, 4) is 11.4 Å². The van der Waals surface area contributed by atoms with Crippen LogP contribution < -0.4 is 15.5 Å². The number of aliphatic hydroxyl groups excluding tert-OH is 1. The Morgan fingerprint density at radius 3 is 2.57 bits per heavy atom. The number of ether oxygens (including phenoxy) is 1. The number of nitrogens with zero attached hydrogens (tertiary/aromatic N) is 4. The van der Waals surface area contributed by atoms with Crippen molar-refractivity contribution in [3.05, 3.63) is 54.7 Å². The second-order valence-corrected chi connectivity index (χ2v) is 7.18. The number of aromatic nitrogens is 3. The molecule has 156 valence electrons. The van der Waals surface area contributed by atoms with Gasteiger partial charge < -0.3 is 25.4 Å². The average Bonchev–Trinajstić information content (AvgIpc) is 2.80. The van der Waals surface area contributed by atoms with E-state index in [1.807, 2.05) is 43.3 Å². The molecule has 1 aliphatic heterocycles. The molecule has 0 amide bonds. The SMILES string of the molecule is C[C@H](CO)Nc1nc(Nc2ccc(N3CCOCC3)cc2)cc(-c2ccccn2)n1. The molecule has 1 aliphatic rings. The first-order chi connectivity index (χ1) is 14.7. The third kappa shape index (κ3) is 5.03. The lowest BCUT2D eigenvalue weighted by Crippen LogP contribution is -2.36. The fourth-order valence-corrected chi connectivity index (χ4v) is 3.21. The normalized spacial score (nSPS) is 14.9. The van der Waals surface area contributed by atoms with E-state index in [-0.39, 0.29) is 12.6 Å². The number of benzene rings is 1. The number of anilines is 4. The van der Waals surface area contributed by atoms with Crippen molar-refractivity contribution in [2.45, 2.75) is 13.0 Å². The molecule has 8 nitrogen and oxygen atoms in total. The second kappa shape index (κ2) is 9.51. The molecule has 3 heterocycles. The minimum absolute atomic E-state index is 0.0110. The Kier molecular flexibility index (Phi) is 6.36. The molecule has 1 atom stereocenters. The molecule has 8 heteroatoms. The molecule has 1 saturated heterocycles. The summed E-state index contributed by atoms with van der Waals surface area (Å²) in [4.78, 5) is 15.8. The molecule has 3 N–H and O–H groups in total. The van der Waals surface area contributed by atoms with Crippen molar-refractivity contribution >= 4 is 23.1 Å². The van der Waals surface area contributed by atoms with Gasteiger partial charge in [0.25, 0.3) is 0 Å². The van der Waals surface area contributed by atoms with Gasteiger partial charge in [0.05, 0.1) is 31.2 Å². The van der Waals surface area contributed by atoms with E-state index < -0.39 is 0 Å². The summed E-state index contributed by atoms with van der Waals surface area (Å²) in [6.07, 6.45) is 1.73. The molecule has 0 radical (unpaired) electrons. The molecule has 2 aromatic heterocycles. The second-order valence-electron chi connectivity index (χ2n) is 7.18. The average molecular weight is 406 g/mol. The summed E-state index contributed by atoms with van der Waals surface area (Å²) in [5, 5.41) is 15.8. The molecule has 0 aliphatic carbocycles. The summed E-state index contributed by atoms with van der Waals surface area (Å²) in [5.41, 5.74) is 3.56. The fourth-order valence-electron chi connectivity index (χ4n) is 3.21. The Morgan fingerprint density at radius 1 is 1.07 bits per heavy atom. The Labute approximate surface area is 176 Å². The van der Waals surface area contributed by atoms with E-state index in [1.54, 1.807) is 6.20 Å². The van der Waals surface area contributed by atoms with Gasteiger partial charge in [-0.05, 0) is 43.3 Å². The molecule has 0 spiro atoms. The standard InChI is InChI=1S/C22H26N6O2/c1-16(15-29)24-22-26-20(19-4-2-3-9-23-19)14-21(27-22)25-17-5-7-18(8-6-17)28-10-12-30-13-11-28/h2-9,14,16,29H,10-13,15H2,1H3,(H2,24,25,26,27)/t16-/m1/s1. The van der Waals surface area contributed by atoms with E-state index in [0.29, 0.717) is 17.5 Å². The highest BCUT2D eigenvalue weighted by atomic mass is 16.5. The Morgan fingerprint density at radius 2 is 1.87 bits per heavy atom. The fraction of sp³-hybridized carbons (Fsp3) is 0.318. The van der Waals surface area contributed by atoms with Gasteiger partial charge in [0.2, 0.25) is 5.95 Å². The maximum atomic E-state index is 9.36. The number of nitrogens with one attached hydrogen (secondary N) is 2. The van der Waals surface area contributed by atoms with Gasteiger partial charge in [0.1, 0.15) is 5.82 Å². The van der Waals surface area contributed by atoms with Crippen LogP contribution in [0.15, 0.2) is 54.7 Å². The highest BCUT2D eigenvalue weighted by Gasteiger charge is 2.12. The monoisotopic (exact) mass is 406 g/mol. The summed E-state index contributed by atoms with van der Waals surface area (Å²) in [5.74, 6) is 1.09. The summed E-state index contributed by atoms with van der Waals surface area (Å²) in [7, 11) is 0. The van der Waals surface area contributed by atoms with E-state index in [0.717, 1.165) is 37.7 Å². The molecule has 0 unspecified atom stereocenters. The number of rotatable bonds is 7. The zero-order chi connectivity index (χ0) is 20.8. The van der Waals surface area contributed by atoms with E-state index in [1.165, 1.54) is 5.69 Å². The quantitative estimate of drug-likeness (QED) is 0.551. The van der Waals surface area contributed by atoms with Crippen molar-refractivity contribution in [3.63, 3.8) is 0 Å². The van der Waals surface area contributed by atoms with Crippen LogP contribution in [0.5, 0.6) is 0 Å². The van der Waals surface area contributed by atoms with E-state index in [2.05, 4.69) is 42.6 Å². The number of pyridine rings is 1. The minimum atomic E-state index is -0.162. The summed E-state index contributed by atoms with van der Waals surface area (Å²) < 4.78 is 5.42. The zero-order valence-electron chi connectivity index (χ0n) is 17.0. The van der Waals surface area contributed by atoms with E-state index >= 15 is 0 Å². The first kappa shape index (κ1) is 20.1. The van der Waals surface area contributed by atoms with Gasteiger partial charge in [-0.15, -0.1) is 0 Å². The van der Waals surface area contributed by atoms with Gasteiger partial charge in [-0.1, -0.05) is 6.07 Å². The summed E-state index contributed by atoms with van der Waals surface area (Å²) in [6.45, 7) is 5.20. The largest absolute Gasteiger partial charge is 0.394 e. The molecule has 0 saturated carbocycles. The van der Waals surface area contributed by atoms with Crippen molar-refractivity contribution in [2.24, 2.45) is 0 Å².